The van der Waals surface area contributed by atoms with E-state index in [1.807, 2.05) is 30.3 Å². The Morgan fingerprint density at radius 3 is 2.30 bits per heavy atom. The number of hydrogen-bond donors (Lipinski definition) is 0. The first-order valence-corrected chi connectivity index (χ1v) is 8.27. The maximum atomic E-state index is 13.3. The average Bonchev–Trinajstić information content (AvgIpc) is 3.06. The Morgan fingerprint density at radius 2 is 1.67 bits per heavy atom. The Balaban J connectivity index is 2.15. The van der Waals surface area contributed by atoms with E-state index < -0.39 is 11.9 Å². The highest BCUT2D eigenvalue weighted by Gasteiger charge is 2.35. The van der Waals surface area contributed by atoms with Crippen LogP contribution in [0.25, 0.3) is 11.3 Å². The predicted molar refractivity (Wildman–Crippen MR) is 96.2 cm³/mol. The number of hydrogen-bond acceptors (Lipinski definition) is 2. The van der Waals surface area contributed by atoms with Crippen molar-refractivity contribution in [1.29, 1.82) is 0 Å². The van der Waals surface area contributed by atoms with E-state index in [1.165, 1.54) is 9.58 Å². The van der Waals surface area contributed by atoms with Gasteiger partial charge in [0.05, 0.1) is 12.2 Å². The standard InChI is InChI=1S/C20H18F3N3O/c1-25(2)19(27)16-11-7-6-10-15(16)17-12-18(20(21,22)23)24-26(17)13-14-8-4-3-5-9-14/h3-12H,13H2,1-2H3. The molecule has 0 unspecified atom stereocenters. The molecule has 0 spiro atoms. The number of alkyl halides is 3. The molecule has 7 heteroatoms. The molecule has 0 N–H and O–H groups in total. The van der Waals surface area contributed by atoms with Crippen LogP contribution in [0.5, 0.6) is 0 Å². The van der Waals surface area contributed by atoms with E-state index in [4.69, 9.17) is 0 Å². The Hall–Kier alpha value is -3.09. The summed E-state index contributed by atoms with van der Waals surface area (Å²) in [4.78, 5) is 13.9. The highest BCUT2D eigenvalue weighted by molar-refractivity contribution is 6.00. The molecule has 0 atom stereocenters. The van der Waals surface area contributed by atoms with Gasteiger partial charge in [0.25, 0.3) is 5.91 Å². The minimum absolute atomic E-state index is 0.163. The van der Waals surface area contributed by atoms with Crippen LogP contribution in [0.15, 0.2) is 60.7 Å². The maximum Gasteiger partial charge on any atom is 0.435 e. The van der Waals surface area contributed by atoms with Crippen molar-refractivity contribution in [1.82, 2.24) is 14.7 Å². The minimum Gasteiger partial charge on any atom is -0.345 e. The van der Waals surface area contributed by atoms with Crippen molar-refractivity contribution in [2.75, 3.05) is 14.1 Å². The Bertz CT molecular complexity index is 947. The summed E-state index contributed by atoms with van der Waals surface area (Å²) in [5.74, 6) is -0.286. The van der Waals surface area contributed by atoms with Gasteiger partial charge in [0.1, 0.15) is 0 Å². The number of carbonyl (C=O) groups is 1. The summed E-state index contributed by atoms with van der Waals surface area (Å²) in [5, 5.41) is 3.77. The molecule has 0 aliphatic heterocycles. The van der Waals surface area contributed by atoms with Crippen molar-refractivity contribution in [3.8, 4) is 11.3 Å². The van der Waals surface area contributed by atoms with Crippen molar-refractivity contribution in [3.05, 3.63) is 77.5 Å². The molecular weight excluding hydrogens is 355 g/mol. The predicted octanol–water partition coefficient (Wildman–Crippen LogP) is 4.32. The molecule has 27 heavy (non-hydrogen) atoms. The molecule has 0 aliphatic rings. The van der Waals surface area contributed by atoms with Gasteiger partial charge in [0.2, 0.25) is 0 Å². The largest absolute Gasteiger partial charge is 0.435 e. The van der Waals surface area contributed by atoms with Crippen molar-refractivity contribution < 1.29 is 18.0 Å². The fourth-order valence-electron chi connectivity index (χ4n) is 2.78. The number of rotatable bonds is 4. The molecule has 1 aromatic heterocycles. The third kappa shape index (κ3) is 4.02. The Labute approximate surface area is 154 Å². The lowest BCUT2D eigenvalue weighted by Crippen LogP contribution is -2.22. The molecule has 0 aliphatic carbocycles. The number of amides is 1. The molecule has 0 fully saturated rings. The Morgan fingerprint density at radius 1 is 1.04 bits per heavy atom. The van der Waals surface area contributed by atoms with Crippen LogP contribution in [0.3, 0.4) is 0 Å². The van der Waals surface area contributed by atoms with Crippen LogP contribution < -0.4 is 0 Å². The summed E-state index contributed by atoms with van der Waals surface area (Å²) >= 11 is 0. The van der Waals surface area contributed by atoms with E-state index in [1.54, 1.807) is 38.4 Å². The first kappa shape index (κ1) is 18.7. The molecule has 1 amide bonds. The van der Waals surface area contributed by atoms with Crippen LogP contribution in [0.2, 0.25) is 0 Å². The zero-order valence-electron chi connectivity index (χ0n) is 14.9. The summed E-state index contributed by atoms with van der Waals surface area (Å²) in [6, 6.07) is 16.7. The van der Waals surface area contributed by atoms with Gasteiger partial charge < -0.3 is 4.90 Å². The lowest BCUT2D eigenvalue weighted by Gasteiger charge is -2.15. The lowest BCUT2D eigenvalue weighted by molar-refractivity contribution is -0.141. The number of aromatic nitrogens is 2. The summed E-state index contributed by atoms with van der Waals surface area (Å²) < 4.78 is 41.1. The second-order valence-corrected chi connectivity index (χ2v) is 6.30. The fourth-order valence-corrected chi connectivity index (χ4v) is 2.78. The number of carbonyl (C=O) groups excluding carboxylic acids is 1. The van der Waals surface area contributed by atoms with Gasteiger partial charge in [-0.3, -0.25) is 9.48 Å². The van der Waals surface area contributed by atoms with E-state index in [9.17, 15) is 18.0 Å². The van der Waals surface area contributed by atoms with Gasteiger partial charge in [-0.25, -0.2) is 0 Å². The number of nitrogens with zero attached hydrogens (tertiary/aromatic N) is 3. The first-order valence-electron chi connectivity index (χ1n) is 8.27. The first-order chi connectivity index (χ1) is 12.8. The van der Waals surface area contributed by atoms with Crippen molar-refractivity contribution >= 4 is 5.91 Å². The zero-order valence-corrected chi connectivity index (χ0v) is 14.9. The second kappa shape index (κ2) is 7.26. The number of halogens is 3. The van der Waals surface area contributed by atoms with Crippen molar-refractivity contribution in [2.24, 2.45) is 0 Å². The topological polar surface area (TPSA) is 38.1 Å². The van der Waals surface area contributed by atoms with Crippen LogP contribution in [-0.2, 0) is 12.7 Å². The van der Waals surface area contributed by atoms with Crippen LogP contribution in [0.1, 0.15) is 21.6 Å². The van der Waals surface area contributed by atoms with Crippen LogP contribution in [0.4, 0.5) is 13.2 Å². The molecule has 140 valence electrons. The molecule has 0 saturated heterocycles. The molecular formula is C20H18F3N3O. The van der Waals surface area contributed by atoms with Crippen molar-refractivity contribution in [2.45, 2.75) is 12.7 Å². The number of benzene rings is 2. The van der Waals surface area contributed by atoms with Crippen molar-refractivity contribution in [3.63, 3.8) is 0 Å². The quantitative estimate of drug-likeness (QED) is 0.683. The third-order valence-electron chi connectivity index (χ3n) is 4.09. The van der Waals surface area contributed by atoms with Gasteiger partial charge in [-0.2, -0.15) is 18.3 Å². The average molecular weight is 373 g/mol. The minimum atomic E-state index is -4.57. The molecule has 1 heterocycles. The van der Waals surface area contributed by atoms with E-state index in [-0.39, 0.29) is 18.1 Å². The lowest BCUT2D eigenvalue weighted by atomic mass is 10.0. The molecule has 0 saturated carbocycles. The molecule has 4 nitrogen and oxygen atoms in total. The molecule has 0 radical (unpaired) electrons. The van der Waals surface area contributed by atoms with Crippen LogP contribution in [-0.4, -0.2) is 34.7 Å². The van der Waals surface area contributed by atoms with Gasteiger partial charge in [-0.05, 0) is 17.7 Å². The smallest absolute Gasteiger partial charge is 0.345 e. The van der Waals surface area contributed by atoms with E-state index in [0.717, 1.165) is 11.6 Å². The highest BCUT2D eigenvalue weighted by Crippen LogP contribution is 2.33. The third-order valence-corrected chi connectivity index (χ3v) is 4.09. The van der Waals surface area contributed by atoms with Crippen LogP contribution >= 0.6 is 0 Å². The summed E-state index contributed by atoms with van der Waals surface area (Å²) in [6.45, 7) is 0.163. The van der Waals surface area contributed by atoms with Gasteiger partial charge in [0, 0.05) is 25.2 Å². The normalized spacial score (nSPS) is 11.4. The van der Waals surface area contributed by atoms with E-state index in [2.05, 4.69) is 5.10 Å². The fraction of sp³-hybridized carbons (Fsp3) is 0.200. The zero-order chi connectivity index (χ0) is 19.6. The SMILES string of the molecule is CN(C)C(=O)c1ccccc1-c1cc(C(F)(F)F)nn1Cc1ccccc1. The molecule has 0 bridgehead atoms. The molecule has 3 rings (SSSR count). The second-order valence-electron chi connectivity index (χ2n) is 6.30. The summed E-state index contributed by atoms with van der Waals surface area (Å²) in [7, 11) is 3.20. The van der Waals surface area contributed by atoms with E-state index in [0.29, 0.717) is 11.1 Å². The monoisotopic (exact) mass is 373 g/mol. The van der Waals surface area contributed by atoms with Gasteiger partial charge in [-0.1, -0.05) is 48.5 Å². The molecule has 2 aromatic carbocycles. The van der Waals surface area contributed by atoms with Gasteiger partial charge >= 0.3 is 6.18 Å². The summed E-state index contributed by atoms with van der Waals surface area (Å²) in [6.07, 6.45) is -4.57. The summed E-state index contributed by atoms with van der Waals surface area (Å²) in [5.41, 5.74) is 0.810. The van der Waals surface area contributed by atoms with Crippen LogP contribution in [0, 0.1) is 0 Å². The molecule has 3 aromatic rings. The van der Waals surface area contributed by atoms with E-state index >= 15 is 0 Å². The van der Waals surface area contributed by atoms with Gasteiger partial charge in [-0.15, -0.1) is 0 Å². The van der Waals surface area contributed by atoms with Gasteiger partial charge in [0.15, 0.2) is 5.69 Å². The highest BCUT2D eigenvalue weighted by atomic mass is 19.4. The maximum absolute atomic E-state index is 13.3. The Kier molecular flexibility index (Phi) is 5.03.